The van der Waals surface area contributed by atoms with Crippen molar-refractivity contribution in [1.29, 1.82) is 0 Å². The van der Waals surface area contributed by atoms with Crippen molar-refractivity contribution in [2.24, 2.45) is 0 Å². The molecule has 22 heavy (non-hydrogen) atoms. The molecule has 3 N–H and O–H groups in total. The molecule has 2 rings (SSSR count). The van der Waals surface area contributed by atoms with Gasteiger partial charge in [-0.1, -0.05) is 12.1 Å². The number of nitrogens with one attached hydrogen (secondary N) is 2. The first kappa shape index (κ1) is 16.4. The average molecular weight is 326 g/mol. The number of carboxylic acids is 1. The molecule has 8 heteroatoms. The summed E-state index contributed by atoms with van der Waals surface area (Å²) in [5, 5.41) is 10.7. The topological polar surface area (TPSA) is 113 Å². The summed E-state index contributed by atoms with van der Waals surface area (Å²) in [6, 6.07) is 6.39. The van der Waals surface area contributed by atoms with E-state index in [-0.39, 0.29) is 23.3 Å². The molecule has 1 aromatic carbocycles. The predicted molar refractivity (Wildman–Crippen MR) is 78.8 cm³/mol. The molecule has 0 unspecified atom stereocenters. The first-order valence-electron chi connectivity index (χ1n) is 6.96. The molecule has 1 aromatic rings. The highest BCUT2D eigenvalue weighted by atomic mass is 32.2. The Bertz CT molecular complexity index is 650. The standard InChI is InChI=1S/C14H18N2O5S/c17-13(15-9-14(18)19)8-3-10-1-6-12(7-2-10)22(20,21)16-11-4-5-11/h1-2,6-7,11,16H,3-5,8-9H2,(H,15,17)(H,18,19). The van der Waals surface area contributed by atoms with Gasteiger partial charge in [0.2, 0.25) is 15.9 Å². The molecule has 0 radical (unpaired) electrons. The number of aliphatic carboxylic acids is 1. The number of carbonyl (C=O) groups is 2. The van der Waals surface area contributed by atoms with E-state index in [9.17, 15) is 18.0 Å². The molecule has 0 spiro atoms. The fraction of sp³-hybridized carbons (Fsp3) is 0.429. The van der Waals surface area contributed by atoms with Crippen molar-refractivity contribution in [3.63, 3.8) is 0 Å². The minimum atomic E-state index is -3.46. The first-order valence-corrected chi connectivity index (χ1v) is 8.45. The van der Waals surface area contributed by atoms with Gasteiger partial charge in [0.25, 0.3) is 0 Å². The van der Waals surface area contributed by atoms with Gasteiger partial charge in [-0.3, -0.25) is 9.59 Å². The maximum atomic E-state index is 12.0. The van der Waals surface area contributed by atoms with E-state index in [0.717, 1.165) is 18.4 Å². The lowest BCUT2D eigenvalue weighted by Gasteiger charge is -2.07. The van der Waals surface area contributed by atoms with Crippen molar-refractivity contribution in [3.05, 3.63) is 29.8 Å². The highest BCUT2D eigenvalue weighted by Gasteiger charge is 2.27. The lowest BCUT2D eigenvalue weighted by Crippen LogP contribution is -2.29. The van der Waals surface area contributed by atoms with Gasteiger partial charge in [-0.2, -0.15) is 0 Å². The number of carboxylic acid groups (broad SMARTS) is 1. The summed E-state index contributed by atoms with van der Waals surface area (Å²) in [6.45, 7) is -0.400. The van der Waals surface area contributed by atoms with Crippen LogP contribution in [0.2, 0.25) is 0 Å². The number of hydrogen-bond acceptors (Lipinski definition) is 4. The van der Waals surface area contributed by atoms with E-state index in [1.165, 1.54) is 12.1 Å². The third-order valence-corrected chi connectivity index (χ3v) is 4.75. The van der Waals surface area contributed by atoms with Crippen molar-refractivity contribution in [2.45, 2.75) is 36.6 Å². The second-order valence-corrected chi connectivity index (χ2v) is 6.92. The van der Waals surface area contributed by atoms with Gasteiger partial charge in [0, 0.05) is 12.5 Å². The molecular weight excluding hydrogens is 308 g/mol. The minimum Gasteiger partial charge on any atom is -0.480 e. The van der Waals surface area contributed by atoms with Gasteiger partial charge in [0.05, 0.1) is 4.90 Å². The Kier molecular flexibility index (Phi) is 5.15. The lowest BCUT2D eigenvalue weighted by molar-refractivity contribution is -0.137. The number of carbonyl (C=O) groups excluding carboxylic acids is 1. The highest BCUT2D eigenvalue weighted by molar-refractivity contribution is 7.89. The van der Waals surface area contributed by atoms with Gasteiger partial charge in [-0.05, 0) is 37.0 Å². The predicted octanol–water partition coefficient (Wildman–Crippen LogP) is 0.261. The van der Waals surface area contributed by atoms with Crippen LogP contribution in [0.5, 0.6) is 0 Å². The second kappa shape index (κ2) is 6.89. The fourth-order valence-corrected chi connectivity index (χ4v) is 3.15. The van der Waals surface area contributed by atoms with E-state index in [1.807, 2.05) is 0 Å². The molecule has 0 saturated heterocycles. The van der Waals surface area contributed by atoms with Crippen LogP contribution in [0.4, 0.5) is 0 Å². The van der Waals surface area contributed by atoms with Crippen LogP contribution < -0.4 is 10.0 Å². The van der Waals surface area contributed by atoms with E-state index >= 15 is 0 Å². The Morgan fingerprint density at radius 1 is 1.18 bits per heavy atom. The van der Waals surface area contributed by atoms with Crippen LogP contribution in [-0.2, 0) is 26.0 Å². The maximum absolute atomic E-state index is 12.0. The Hall–Kier alpha value is -1.93. The summed E-state index contributed by atoms with van der Waals surface area (Å²) in [7, 11) is -3.46. The molecule has 0 aromatic heterocycles. The summed E-state index contributed by atoms with van der Waals surface area (Å²) in [5.74, 6) is -1.44. The fourth-order valence-electron chi connectivity index (χ4n) is 1.84. The third kappa shape index (κ3) is 5.12. The van der Waals surface area contributed by atoms with Crippen LogP contribution in [0.1, 0.15) is 24.8 Å². The molecule has 0 heterocycles. The van der Waals surface area contributed by atoms with E-state index in [4.69, 9.17) is 5.11 Å². The minimum absolute atomic E-state index is 0.0580. The Labute approximate surface area is 128 Å². The molecule has 1 aliphatic rings. The first-order chi connectivity index (χ1) is 10.4. The average Bonchev–Trinajstić information content (AvgIpc) is 3.26. The van der Waals surface area contributed by atoms with Gasteiger partial charge >= 0.3 is 5.97 Å². The zero-order valence-electron chi connectivity index (χ0n) is 11.9. The largest absolute Gasteiger partial charge is 0.480 e. The molecular formula is C14H18N2O5S. The third-order valence-electron chi connectivity index (χ3n) is 3.21. The summed E-state index contributed by atoms with van der Waals surface area (Å²) in [5.41, 5.74) is 0.816. The molecule has 0 atom stereocenters. The molecule has 1 amide bonds. The molecule has 120 valence electrons. The zero-order chi connectivity index (χ0) is 16.2. The lowest BCUT2D eigenvalue weighted by atomic mass is 10.1. The summed E-state index contributed by atoms with van der Waals surface area (Å²) in [6.07, 6.45) is 2.33. The number of rotatable bonds is 8. The van der Waals surface area contributed by atoms with E-state index in [2.05, 4.69) is 10.0 Å². The van der Waals surface area contributed by atoms with Crippen LogP contribution in [0.15, 0.2) is 29.2 Å². The van der Waals surface area contributed by atoms with Crippen LogP contribution in [0.25, 0.3) is 0 Å². The second-order valence-electron chi connectivity index (χ2n) is 5.21. The number of benzene rings is 1. The van der Waals surface area contributed by atoms with Gasteiger partial charge in [0.1, 0.15) is 6.54 Å². The Morgan fingerprint density at radius 3 is 2.36 bits per heavy atom. The van der Waals surface area contributed by atoms with Crippen molar-refractivity contribution in [2.75, 3.05) is 6.54 Å². The highest BCUT2D eigenvalue weighted by Crippen LogP contribution is 2.22. The zero-order valence-corrected chi connectivity index (χ0v) is 12.7. The maximum Gasteiger partial charge on any atom is 0.322 e. The van der Waals surface area contributed by atoms with Crippen molar-refractivity contribution in [3.8, 4) is 0 Å². The van der Waals surface area contributed by atoms with E-state index < -0.39 is 22.5 Å². The molecule has 1 fully saturated rings. The van der Waals surface area contributed by atoms with E-state index in [1.54, 1.807) is 12.1 Å². The van der Waals surface area contributed by atoms with Crippen LogP contribution in [0.3, 0.4) is 0 Å². The summed E-state index contributed by atoms with van der Waals surface area (Å²) >= 11 is 0. The number of amides is 1. The van der Waals surface area contributed by atoms with Crippen molar-refractivity contribution in [1.82, 2.24) is 10.0 Å². The smallest absolute Gasteiger partial charge is 0.322 e. The quantitative estimate of drug-likeness (QED) is 0.634. The summed E-state index contributed by atoms with van der Waals surface area (Å²) < 4.78 is 26.6. The van der Waals surface area contributed by atoms with Gasteiger partial charge < -0.3 is 10.4 Å². The molecule has 1 aliphatic carbocycles. The van der Waals surface area contributed by atoms with Gasteiger partial charge in [-0.25, -0.2) is 13.1 Å². The molecule has 7 nitrogen and oxygen atoms in total. The normalized spacial score (nSPS) is 14.5. The Morgan fingerprint density at radius 2 is 1.82 bits per heavy atom. The number of hydrogen-bond donors (Lipinski definition) is 3. The SMILES string of the molecule is O=C(O)CNC(=O)CCc1ccc(S(=O)(=O)NC2CC2)cc1. The van der Waals surface area contributed by atoms with Gasteiger partial charge in [-0.15, -0.1) is 0 Å². The molecule has 1 saturated carbocycles. The van der Waals surface area contributed by atoms with E-state index in [0.29, 0.717) is 6.42 Å². The Balaban J connectivity index is 1.86. The van der Waals surface area contributed by atoms with Gasteiger partial charge in [0.15, 0.2) is 0 Å². The molecule has 0 aliphatic heterocycles. The number of aryl methyl sites for hydroxylation is 1. The summed E-state index contributed by atoms with van der Waals surface area (Å²) in [4.78, 5) is 21.9. The van der Waals surface area contributed by atoms with Crippen LogP contribution in [0, 0.1) is 0 Å². The van der Waals surface area contributed by atoms with Crippen molar-refractivity contribution >= 4 is 21.9 Å². The van der Waals surface area contributed by atoms with Crippen LogP contribution >= 0.6 is 0 Å². The van der Waals surface area contributed by atoms with Crippen molar-refractivity contribution < 1.29 is 23.1 Å². The monoisotopic (exact) mass is 326 g/mol. The number of sulfonamides is 1. The molecule has 0 bridgehead atoms. The van der Waals surface area contributed by atoms with Crippen LogP contribution in [-0.4, -0.2) is 38.0 Å².